The zero-order valence-corrected chi connectivity index (χ0v) is 11.6. The Hall–Kier alpha value is -1.29. The molecule has 0 amide bonds. The predicted octanol–water partition coefficient (Wildman–Crippen LogP) is 3.80. The second-order valence-corrected chi connectivity index (χ2v) is 4.99. The molecule has 0 saturated heterocycles. The van der Waals surface area contributed by atoms with Gasteiger partial charge in [-0.3, -0.25) is 10.1 Å². The van der Waals surface area contributed by atoms with Gasteiger partial charge in [-0.25, -0.2) is 0 Å². The van der Waals surface area contributed by atoms with Gasteiger partial charge in [-0.2, -0.15) is 0 Å². The SMILES string of the molecule is CCC(Cc1cc([N+](=O)[O-])ccc1OC)C(C)Cl. The van der Waals surface area contributed by atoms with Gasteiger partial charge in [0.05, 0.1) is 12.0 Å². The molecule has 0 saturated carbocycles. The third-order valence-corrected chi connectivity index (χ3v) is 3.49. The lowest BCUT2D eigenvalue weighted by Gasteiger charge is -2.18. The molecule has 5 heteroatoms. The summed E-state index contributed by atoms with van der Waals surface area (Å²) in [6.45, 7) is 4.01. The molecule has 2 unspecified atom stereocenters. The fraction of sp³-hybridized carbons (Fsp3) is 0.538. The molecular weight excluding hydrogens is 254 g/mol. The molecule has 100 valence electrons. The first-order valence-corrected chi connectivity index (χ1v) is 6.38. The molecule has 4 nitrogen and oxygen atoms in total. The van der Waals surface area contributed by atoms with Crippen molar-refractivity contribution in [2.45, 2.75) is 32.1 Å². The zero-order valence-electron chi connectivity index (χ0n) is 10.9. The van der Waals surface area contributed by atoms with Crippen LogP contribution in [0.3, 0.4) is 0 Å². The van der Waals surface area contributed by atoms with Crippen LogP contribution in [-0.2, 0) is 6.42 Å². The van der Waals surface area contributed by atoms with Crippen LogP contribution in [0.25, 0.3) is 0 Å². The molecule has 0 aromatic heterocycles. The van der Waals surface area contributed by atoms with Crippen LogP contribution in [-0.4, -0.2) is 17.4 Å². The predicted molar refractivity (Wildman–Crippen MR) is 72.4 cm³/mol. The molecule has 18 heavy (non-hydrogen) atoms. The van der Waals surface area contributed by atoms with E-state index in [0.29, 0.717) is 12.2 Å². The van der Waals surface area contributed by atoms with Crippen molar-refractivity contribution < 1.29 is 9.66 Å². The van der Waals surface area contributed by atoms with Crippen LogP contribution in [0.2, 0.25) is 0 Å². The van der Waals surface area contributed by atoms with Crippen LogP contribution in [0.15, 0.2) is 18.2 Å². The van der Waals surface area contributed by atoms with E-state index in [4.69, 9.17) is 16.3 Å². The summed E-state index contributed by atoms with van der Waals surface area (Å²) < 4.78 is 5.24. The number of rotatable bonds is 6. The largest absolute Gasteiger partial charge is 0.496 e. The van der Waals surface area contributed by atoms with E-state index in [-0.39, 0.29) is 17.0 Å². The van der Waals surface area contributed by atoms with Gasteiger partial charge in [0, 0.05) is 23.1 Å². The van der Waals surface area contributed by atoms with Crippen molar-refractivity contribution >= 4 is 17.3 Å². The number of benzene rings is 1. The Morgan fingerprint density at radius 2 is 2.17 bits per heavy atom. The van der Waals surface area contributed by atoms with E-state index in [0.717, 1.165) is 12.0 Å². The first-order chi connectivity index (χ1) is 8.49. The summed E-state index contributed by atoms with van der Waals surface area (Å²) >= 11 is 6.12. The molecular formula is C13H18ClNO3. The molecule has 0 radical (unpaired) electrons. The lowest BCUT2D eigenvalue weighted by atomic mass is 9.93. The molecule has 1 aromatic rings. The van der Waals surface area contributed by atoms with Gasteiger partial charge in [0.2, 0.25) is 0 Å². The van der Waals surface area contributed by atoms with Gasteiger partial charge in [0.1, 0.15) is 5.75 Å². The van der Waals surface area contributed by atoms with Gasteiger partial charge in [-0.1, -0.05) is 13.3 Å². The lowest BCUT2D eigenvalue weighted by molar-refractivity contribution is -0.384. The first kappa shape index (κ1) is 14.8. The number of hydrogen-bond donors (Lipinski definition) is 0. The maximum Gasteiger partial charge on any atom is 0.269 e. The minimum atomic E-state index is -0.395. The van der Waals surface area contributed by atoms with E-state index < -0.39 is 4.92 Å². The van der Waals surface area contributed by atoms with E-state index in [1.165, 1.54) is 6.07 Å². The molecule has 1 rings (SSSR count). The number of alkyl halides is 1. The van der Waals surface area contributed by atoms with Crippen LogP contribution in [0, 0.1) is 16.0 Å². The second-order valence-electron chi connectivity index (χ2n) is 4.30. The molecule has 0 spiro atoms. The highest BCUT2D eigenvalue weighted by atomic mass is 35.5. The summed E-state index contributed by atoms with van der Waals surface area (Å²) in [4.78, 5) is 10.4. The number of halogens is 1. The summed E-state index contributed by atoms with van der Waals surface area (Å²) in [5.41, 5.74) is 0.925. The summed E-state index contributed by atoms with van der Waals surface area (Å²) in [5.74, 6) is 0.957. The molecule has 0 heterocycles. The highest BCUT2D eigenvalue weighted by molar-refractivity contribution is 6.20. The topological polar surface area (TPSA) is 52.4 Å². The Bertz CT molecular complexity index is 421. The van der Waals surface area contributed by atoms with Crippen molar-refractivity contribution in [3.8, 4) is 5.75 Å². The molecule has 2 atom stereocenters. The second kappa shape index (κ2) is 6.59. The van der Waals surface area contributed by atoms with E-state index in [1.54, 1.807) is 19.2 Å². The molecule has 0 fully saturated rings. The maximum absolute atomic E-state index is 10.8. The van der Waals surface area contributed by atoms with Gasteiger partial charge in [-0.15, -0.1) is 11.6 Å². The number of hydrogen-bond acceptors (Lipinski definition) is 3. The Morgan fingerprint density at radius 1 is 1.50 bits per heavy atom. The van der Waals surface area contributed by atoms with E-state index in [9.17, 15) is 10.1 Å². The van der Waals surface area contributed by atoms with Crippen molar-refractivity contribution in [2.75, 3.05) is 7.11 Å². The standard InChI is InChI=1S/C13H18ClNO3/c1-4-10(9(2)14)7-11-8-12(15(16)17)5-6-13(11)18-3/h5-6,8-10H,4,7H2,1-3H3. The highest BCUT2D eigenvalue weighted by Crippen LogP contribution is 2.29. The minimum absolute atomic E-state index is 0.0268. The zero-order chi connectivity index (χ0) is 13.7. The fourth-order valence-corrected chi connectivity index (χ4v) is 2.22. The Labute approximate surface area is 112 Å². The van der Waals surface area contributed by atoms with Crippen molar-refractivity contribution in [3.63, 3.8) is 0 Å². The smallest absolute Gasteiger partial charge is 0.269 e. The summed E-state index contributed by atoms with van der Waals surface area (Å²) in [6.07, 6.45) is 1.61. The van der Waals surface area contributed by atoms with E-state index in [1.807, 2.05) is 6.92 Å². The third-order valence-electron chi connectivity index (χ3n) is 3.13. The first-order valence-electron chi connectivity index (χ1n) is 5.95. The highest BCUT2D eigenvalue weighted by Gasteiger charge is 2.18. The minimum Gasteiger partial charge on any atom is -0.496 e. The average Bonchev–Trinajstić information content (AvgIpc) is 2.35. The van der Waals surface area contributed by atoms with Crippen LogP contribution in [0.1, 0.15) is 25.8 Å². The molecule has 0 aliphatic rings. The van der Waals surface area contributed by atoms with E-state index in [2.05, 4.69) is 6.92 Å². The van der Waals surface area contributed by atoms with Crippen molar-refractivity contribution in [2.24, 2.45) is 5.92 Å². The van der Waals surface area contributed by atoms with E-state index >= 15 is 0 Å². The van der Waals surface area contributed by atoms with Crippen LogP contribution in [0.5, 0.6) is 5.75 Å². The average molecular weight is 272 g/mol. The number of nitrogens with zero attached hydrogens (tertiary/aromatic N) is 1. The van der Waals surface area contributed by atoms with Crippen molar-refractivity contribution in [1.29, 1.82) is 0 Å². The van der Waals surface area contributed by atoms with Crippen LogP contribution < -0.4 is 4.74 Å². The summed E-state index contributed by atoms with van der Waals surface area (Å²) in [5, 5.41) is 10.8. The number of nitro benzene ring substituents is 1. The molecule has 0 bridgehead atoms. The Balaban J connectivity index is 3.04. The van der Waals surface area contributed by atoms with Gasteiger partial charge in [-0.05, 0) is 25.3 Å². The van der Waals surface area contributed by atoms with Crippen LogP contribution >= 0.6 is 11.6 Å². The number of nitro groups is 1. The lowest BCUT2D eigenvalue weighted by Crippen LogP contribution is -2.14. The number of methoxy groups -OCH3 is 1. The van der Waals surface area contributed by atoms with Gasteiger partial charge >= 0.3 is 0 Å². The van der Waals surface area contributed by atoms with Gasteiger partial charge in [0.25, 0.3) is 5.69 Å². The molecule has 1 aromatic carbocycles. The van der Waals surface area contributed by atoms with Crippen molar-refractivity contribution in [3.05, 3.63) is 33.9 Å². The van der Waals surface area contributed by atoms with Crippen molar-refractivity contribution in [1.82, 2.24) is 0 Å². The summed E-state index contributed by atoms with van der Waals surface area (Å²) in [6, 6.07) is 4.66. The third kappa shape index (κ3) is 3.60. The Morgan fingerprint density at radius 3 is 2.61 bits per heavy atom. The molecule has 0 aliphatic carbocycles. The summed E-state index contributed by atoms with van der Waals surface area (Å²) in [7, 11) is 1.57. The van der Waals surface area contributed by atoms with Gasteiger partial charge < -0.3 is 4.74 Å². The molecule has 0 N–H and O–H groups in total. The van der Waals surface area contributed by atoms with Gasteiger partial charge in [0.15, 0.2) is 0 Å². The van der Waals surface area contributed by atoms with Crippen LogP contribution in [0.4, 0.5) is 5.69 Å². The fourth-order valence-electron chi connectivity index (χ4n) is 1.95. The quantitative estimate of drug-likeness (QED) is 0.449. The maximum atomic E-state index is 10.8. The molecule has 0 aliphatic heterocycles. The Kier molecular flexibility index (Phi) is 5.41. The monoisotopic (exact) mass is 271 g/mol. The number of non-ortho nitro benzene ring substituents is 1. The normalized spacial score (nSPS) is 14.0. The number of ether oxygens (including phenoxy) is 1.